The number of nitrogens with two attached hydrogens (primary N) is 1. The molecular formula is C52H69N4NaO14S4. The molecule has 406 valence electrons. The van der Waals surface area contributed by atoms with Crippen LogP contribution in [0.25, 0.3) is 0 Å². The summed E-state index contributed by atoms with van der Waals surface area (Å²) in [6, 6.07) is 13.9. The van der Waals surface area contributed by atoms with Crippen LogP contribution in [-0.2, 0) is 56.1 Å². The molecule has 3 aromatic rings. The fraction of sp³-hybridized carbons (Fsp3) is 0.462. The van der Waals surface area contributed by atoms with Crippen molar-refractivity contribution in [3.05, 3.63) is 119 Å². The zero-order valence-electron chi connectivity index (χ0n) is 42.2. The molecule has 0 saturated carbocycles. The number of unbranched alkanes of at least 4 members (excludes halogenated alkanes) is 6. The van der Waals surface area contributed by atoms with Crippen LogP contribution in [0.2, 0.25) is 0 Å². The Labute approximate surface area is 464 Å². The van der Waals surface area contributed by atoms with Gasteiger partial charge in [-0.05, 0) is 162 Å². The molecular weight excluding hydrogens is 1060 g/mol. The number of nitrogens with zero attached hydrogens (tertiary/aromatic N) is 2. The van der Waals surface area contributed by atoms with Crippen molar-refractivity contribution in [1.82, 2.24) is 5.32 Å². The summed E-state index contributed by atoms with van der Waals surface area (Å²) in [5.41, 5.74) is 9.55. The number of hydrogen-bond donors (Lipinski definition) is 5. The Bertz CT molecular complexity index is 3220. The SMILES string of the molecule is CC1(C)C(=CC=C2CCCC(C=CC3=[N+](CCCCCC(=O)NCCCCCCN)c4ccc(S(=O)(=O)[O-])cc4C3(C)C)=C2Oc2ccc(S(=O)(=O)O)cc2)N(CCCCS(=O)(=O)O)c2ccc(S(=O)(=O)O)cc21.[NaH]. The number of allylic oxidation sites excluding steroid dienone is 7. The number of nitrogens with one attached hydrogen (secondary N) is 1. The molecule has 2 heterocycles. The van der Waals surface area contributed by atoms with Gasteiger partial charge in [-0.1, -0.05) is 32.8 Å². The number of carbonyl (C=O) groups excluding carboxylic acids is 1. The fourth-order valence-corrected chi connectivity index (χ4v) is 11.9. The third-order valence-corrected chi connectivity index (χ3v) is 17.1. The van der Waals surface area contributed by atoms with Crippen molar-refractivity contribution in [2.45, 2.75) is 137 Å². The van der Waals surface area contributed by atoms with Gasteiger partial charge in [-0.3, -0.25) is 18.5 Å². The van der Waals surface area contributed by atoms with Gasteiger partial charge in [0.2, 0.25) is 11.6 Å². The van der Waals surface area contributed by atoms with Crippen LogP contribution in [-0.4, -0.2) is 130 Å². The van der Waals surface area contributed by atoms with Crippen molar-refractivity contribution >= 4 is 93.0 Å². The van der Waals surface area contributed by atoms with Crippen LogP contribution in [0.4, 0.5) is 11.4 Å². The zero-order chi connectivity index (χ0) is 54.3. The molecule has 0 unspecified atom stereocenters. The number of ether oxygens (including phenoxy) is 1. The van der Waals surface area contributed by atoms with Gasteiger partial charge in [0.25, 0.3) is 30.4 Å². The molecule has 0 bridgehead atoms. The standard InChI is InChI=1S/C52H68N4O14S4.Na.H/c1-51(2)43-35-41(73(64,65)66)24-26-45(43)55(32-11-7-8-17-49(57)54-31-10-6-5-9-30-53)47(51)28-18-37-15-14-16-38(50(37)70-39-20-22-40(23-21-39)72(61,62)63)19-29-48-52(3,4)44-36-42(74(67,68)69)25-27-46(44)56(48)33-12-13-34-71(58,59)60;;/h18-29,35-36H,5-17,30-34,53H2,1-4H3,(H4-,54,57,58,59,60,61,62,63,64,65,66,67,68,69);;. The van der Waals surface area contributed by atoms with Crippen molar-refractivity contribution in [3.8, 4) is 5.75 Å². The summed E-state index contributed by atoms with van der Waals surface area (Å²) in [6.07, 6.45) is 16.2. The Kier molecular flexibility index (Phi) is 21.1. The molecule has 0 fully saturated rings. The van der Waals surface area contributed by atoms with Gasteiger partial charge in [-0.15, -0.1) is 0 Å². The molecule has 0 aromatic heterocycles. The molecule has 0 atom stereocenters. The number of fused-ring (bicyclic) bond motifs is 2. The Hall–Kier alpha value is -4.04. The number of hydrogen-bond acceptors (Lipinski definition) is 13. The molecule has 2 aliphatic heterocycles. The number of anilines is 1. The topological polar surface area (TPSA) is 291 Å². The van der Waals surface area contributed by atoms with Gasteiger partial charge >= 0.3 is 29.6 Å². The van der Waals surface area contributed by atoms with Crippen LogP contribution < -0.4 is 20.7 Å². The van der Waals surface area contributed by atoms with Gasteiger partial charge in [0, 0.05) is 60.4 Å². The molecule has 23 heteroatoms. The number of carbonyl (C=O) groups is 1. The quantitative estimate of drug-likeness (QED) is 0.0240. The molecule has 1 amide bonds. The van der Waals surface area contributed by atoms with Crippen LogP contribution >= 0.6 is 0 Å². The van der Waals surface area contributed by atoms with Gasteiger partial charge in [-0.2, -0.15) is 29.8 Å². The minimum atomic E-state index is -4.79. The number of benzene rings is 3. The molecule has 3 aromatic carbocycles. The van der Waals surface area contributed by atoms with Crippen LogP contribution in [0.5, 0.6) is 5.75 Å². The predicted octanol–water partition coefficient (Wildman–Crippen LogP) is 7.36. The van der Waals surface area contributed by atoms with Crippen molar-refractivity contribution in [2.75, 3.05) is 36.8 Å². The van der Waals surface area contributed by atoms with E-state index < -0.39 is 57.1 Å². The van der Waals surface area contributed by atoms with Crippen molar-refractivity contribution in [1.29, 1.82) is 0 Å². The first-order valence-corrected chi connectivity index (χ1v) is 30.7. The van der Waals surface area contributed by atoms with E-state index in [0.717, 1.165) is 54.6 Å². The van der Waals surface area contributed by atoms with E-state index in [0.29, 0.717) is 99.4 Å². The normalized spacial score (nSPS) is 17.7. The van der Waals surface area contributed by atoms with E-state index in [1.54, 1.807) is 12.1 Å². The second-order valence-electron chi connectivity index (χ2n) is 19.9. The average molecular weight is 1130 g/mol. The first-order valence-electron chi connectivity index (χ1n) is 24.8. The third-order valence-electron chi connectivity index (χ3n) is 13.8. The molecule has 0 spiro atoms. The molecule has 0 radical (unpaired) electrons. The van der Waals surface area contributed by atoms with Gasteiger partial charge in [0.1, 0.15) is 28.2 Å². The summed E-state index contributed by atoms with van der Waals surface area (Å²) < 4.78 is 146. The van der Waals surface area contributed by atoms with Gasteiger partial charge in [0.15, 0.2) is 5.71 Å². The summed E-state index contributed by atoms with van der Waals surface area (Å²) in [6.45, 7) is 9.76. The zero-order valence-corrected chi connectivity index (χ0v) is 45.5. The molecule has 3 aliphatic rings. The Morgan fingerprint density at radius 3 is 2.04 bits per heavy atom. The maximum atomic E-state index is 12.6. The molecule has 0 saturated heterocycles. The Morgan fingerprint density at radius 2 is 1.39 bits per heavy atom. The van der Waals surface area contributed by atoms with E-state index in [1.165, 1.54) is 48.5 Å². The van der Waals surface area contributed by atoms with E-state index in [1.807, 2.05) is 56.9 Å². The summed E-state index contributed by atoms with van der Waals surface area (Å²) in [4.78, 5) is 13.6. The van der Waals surface area contributed by atoms with Crippen molar-refractivity contribution < 1.29 is 66.0 Å². The molecule has 1 aliphatic carbocycles. The monoisotopic (exact) mass is 1120 g/mol. The molecule has 75 heavy (non-hydrogen) atoms. The summed E-state index contributed by atoms with van der Waals surface area (Å²) in [5.74, 6) is 0.249. The third kappa shape index (κ3) is 16.0. The first-order chi connectivity index (χ1) is 34.6. The van der Waals surface area contributed by atoms with Gasteiger partial charge < -0.3 is 25.2 Å². The summed E-state index contributed by atoms with van der Waals surface area (Å²) in [7, 11) is -18.1. The number of rotatable bonds is 25. The van der Waals surface area contributed by atoms with Crippen LogP contribution in [0.1, 0.15) is 122 Å². The Morgan fingerprint density at radius 1 is 0.747 bits per heavy atom. The van der Waals surface area contributed by atoms with E-state index >= 15 is 0 Å². The van der Waals surface area contributed by atoms with Crippen LogP contribution in [0.15, 0.2) is 122 Å². The number of amides is 1. The fourth-order valence-electron chi connectivity index (χ4n) is 9.84. The van der Waals surface area contributed by atoms with E-state index in [-0.39, 0.29) is 62.3 Å². The Balaban J connectivity index is 0.0000104. The van der Waals surface area contributed by atoms with Crippen LogP contribution in [0.3, 0.4) is 0 Å². The van der Waals surface area contributed by atoms with Crippen LogP contribution in [0, 0.1) is 0 Å². The second-order valence-corrected chi connectivity index (χ2v) is 25.7. The van der Waals surface area contributed by atoms with Crippen molar-refractivity contribution in [2.24, 2.45) is 5.73 Å². The van der Waals surface area contributed by atoms with E-state index in [4.69, 9.17) is 10.5 Å². The average Bonchev–Trinajstić information content (AvgIpc) is 3.66. The molecule has 18 nitrogen and oxygen atoms in total. The first kappa shape index (κ1) is 61.8. The summed E-state index contributed by atoms with van der Waals surface area (Å²) >= 11 is 0. The van der Waals surface area contributed by atoms with Gasteiger partial charge in [-0.25, -0.2) is 8.42 Å². The summed E-state index contributed by atoms with van der Waals surface area (Å²) in [5, 5.41) is 2.99. The predicted molar refractivity (Wildman–Crippen MR) is 289 cm³/mol. The second kappa shape index (κ2) is 25.6. The van der Waals surface area contributed by atoms with Crippen molar-refractivity contribution in [3.63, 3.8) is 0 Å². The van der Waals surface area contributed by atoms with Gasteiger partial charge in [0.05, 0.1) is 25.9 Å². The minimum absolute atomic E-state index is 0. The van der Waals surface area contributed by atoms with E-state index in [2.05, 4.69) is 9.89 Å². The maximum absolute atomic E-state index is 12.6. The molecule has 6 N–H and O–H groups in total. The molecule has 6 rings (SSSR count). The van der Waals surface area contributed by atoms with E-state index in [9.17, 15) is 56.7 Å².